The molecule has 1 aliphatic carbocycles. The third kappa shape index (κ3) is 7.13. The van der Waals surface area contributed by atoms with Crippen LogP contribution in [0.2, 0.25) is 0 Å². The first-order valence-electron chi connectivity index (χ1n) is 11.2. The van der Waals surface area contributed by atoms with Crippen molar-refractivity contribution in [2.24, 2.45) is 5.92 Å². The van der Waals surface area contributed by atoms with E-state index in [-0.39, 0.29) is 23.6 Å². The smallest absolute Gasteiger partial charge is 0.422 e. The molecule has 2 aromatic rings. The highest BCUT2D eigenvalue weighted by atomic mass is 32.1. The number of nitrogens with one attached hydrogen (secondary N) is 1. The molecule has 1 saturated carbocycles. The van der Waals surface area contributed by atoms with Crippen LogP contribution < -0.4 is 10.1 Å². The Morgan fingerprint density at radius 3 is 2.76 bits per heavy atom. The monoisotopic (exact) mass is 487 g/mol. The highest BCUT2D eigenvalue weighted by Crippen LogP contribution is 2.32. The van der Waals surface area contributed by atoms with Crippen LogP contribution in [0.15, 0.2) is 4.52 Å². The average Bonchev–Trinajstić information content (AvgIpc) is 3.36. The second-order valence-corrected chi connectivity index (χ2v) is 9.81. The quantitative estimate of drug-likeness (QED) is 0.610. The van der Waals surface area contributed by atoms with Gasteiger partial charge < -0.3 is 14.6 Å². The van der Waals surface area contributed by atoms with Gasteiger partial charge in [0.15, 0.2) is 12.4 Å². The van der Waals surface area contributed by atoms with E-state index in [2.05, 4.69) is 25.3 Å². The molecule has 1 N–H and O–H groups in total. The molecule has 8 nitrogen and oxygen atoms in total. The van der Waals surface area contributed by atoms with Gasteiger partial charge in [-0.3, -0.25) is 9.69 Å². The van der Waals surface area contributed by atoms with Crippen molar-refractivity contribution in [3.8, 4) is 5.19 Å². The van der Waals surface area contributed by atoms with Crippen LogP contribution in [0, 0.1) is 12.8 Å². The third-order valence-corrected chi connectivity index (χ3v) is 7.17. The molecule has 1 amide bonds. The molecule has 4 rings (SSSR count). The van der Waals surface area contributed by atoms with Gasteiger partial charge in [0.2, 0.25) is 11.8 Å². The van der Waals surface area contributed by atoms with Gasteiger partial charge in [0.1, 0.15) is 0 Å². The maximum absolute atomic E-state index is 12.4. The Morgan fingerprint density at radius 1 is 1.27 bits per heavy atom. The molecule has 0 aromatic carbocycles. The number of fused-ring (bicyclic) bond motifs is 1. The molecule has 2 aromatic heterocycles. The molecule has 12 heteroatoms. The van der Waals surface area contributed by atoms with Gasteiger partial charge in [-0.2, -0.15) is 18.2 Å². The Kier molecular flexibility index (Phi) is 7.52. The van der Waals surface area contributed by atoms with Gasteiger partial charge in [0, 0.05) is 30.9 Å². The standard InChI is InChI=1S/C21H28F3N5O3S/c1-13-25-18(28-32-13)10-19(30)26-15-4-2-14(3-5-15)6-8-29-9-7-17-16(11-29)27-20(33-17)31-12-21(22,23)24/h14-15H,2-12H2,1H3,(H,26,30). The van der Waals surface area contributed by atoms with Crippen molar-refractivity contribution in [2.45, 2.75) is 70.6 Å². The number of aromatic nitrogens is 3. The Labute approximate surface area is 193 Å². The minimum atomic E-state index is -4.35. The van der Waals surface area contributed by atoms with E-state index in [1.807, 2.05) is 0 Å². The number of halogens is 3. The Bertz CT molecular complexity index is 940. The molecular weight excluding hydrogens is 459 g/mol. The predicted octanol–water partition coefficient (Wildman–Crippen LogP) is 3.44. The second-order valence-electron chi connectivity index (χ2n) is 8.76. The lowest BCUT2D eigenvalue weighted by atomic mass is 9.84. The van der Waals surface area contributed by atoms with Crippen molar-refractivity contribution in [3.63, 3.8) is 0 Å². The molecule has 0 spiro atoms. The van der Waals surface area contributed by atoms with Crippen LogP contribution in [0.1, 0.15) is 54.4 Å². The number of amides is 1. The topological polar surface area (TPSA) is 93.4 Å². The van der Waals surface area contributed by atoms with E-state index < -0.39 is 12.8 Å². The number of carbonyl (C=O) groups is 1. The summed E-state index contributed by atoms with van der Waals surface area (Å²) >= 11 is 1.22. The molecule has 2 aliphatic rings. The molecule has 3 heterocycles. The number of ether oxygens (including phenoxy) is 1. The third-order valence-electron chi connectivity index (χ3n) is 6.10. The Balaban J connectivity index is 1.15. The van der Waals surface area contributed by atoms with E-state index in [1.165, 1.54) is 11.3 Å². The van der Waals surface area contributed by atoms with Crippen molar-refractivity contribution in [2.75, 3.05) is 19.7 Å². The minimum absolute atomic E-state index is 0.0785. The van der Waals surface area contributed by atoms with E-state index in [1.54, 1.807) is 6.92 Å². The summed E-state index contributed by atoms with van der Waals surface area (Å²) in [6, 6.07) is 0.185. The number of alkyl halides is 3. The molecule has 1 aliphatic heterocycles. The number of carbonyl (C=O) groups excluding carboxylic acids is 1. The summed E-state index contributed by atoms with van der Waals surface area (Å²) in [5, 5.41) is 6.94. The fraction of sp³-hybridized carbons (Fsp3) is 0.714. The summed E-state index contributed by atoms with van der Waals surface area (Å²) in [6.07, 6.45) is 1.69. The minimum Gasteiger partial charge on any atom is -0.460 e. The fourth-order valence-corrected chi connectivity index (χ4v) is 5.33. The molecule has 0 unspecified atom stereocenters. The lowest BCUT2D eigenvalue weighted by Gasteiger charge is -2.31. The van der Waals surface area contributed by atoms with Crippen molar-refractivity contribution in [1.29, 1.82) is 0 Å². The lowest BCUT2D eigenvalue weighted by Crippen LogP contribution is -2.39. The van der Waals surface area contributed by atoms with Gasteiger partial charge in [-0.1, -0.05) is 16.5 Å². The van der Waals surface area contributed by atoms with Gasteiger partial charge in [-0.25, -0.2) is 4.98 Å². The summed E-state index contributed by atoms with van der Waals surface area (Å²) in [7, 11) is 0. The molecule has 33 heavy (non-hydrogen) atoms. The number of rotatable bonds is 8. The fourth-order valence-electron chi connectivity index (χ4n) is 4.42. The summed E-state index contributed by atoms with van der Waals surface area (Å²) in [6.45, 7) is 2.87. The first-order valence-corrected chi connectivity index (χ1v) is 12.0. The summed E-state index contributed by atoms with van der Waals surface area (Å²) in [5.74, 6) is 1.39. The summed E-state index contributed by atoms with van der Waals surface area (Å²) in [4.78, 5) is 23.9. The van der Waals surface area contributed by atoms with Crippen molar-refractivity contribution < 1.29 is 27.2 Å². The van der Waals surface area contributed by atoms with Crippen molar-refractivity contribution in [3.05, 3.63) is 22.3 Å². The normalized spacial score (nSPS) is 21.6. The Hall–Kier alpha value is -2.21. The van der Waals surface area contributed by atoms with Crippen molar-refractivity contribution >= 4 is 17.2 Å². The maximum Gasteiger partial charge on any atom is 0.422 e. The molecule has 0 saturated heterocycles. The van der Waals surface area contributed by atoms with Gasteiger partial charge in [0.25, 0.3) is 5.19 Å². The van der Waals surface area contributed by atoms with Crippen molar-refractivity contribution in [1.82, 2.24) is 25.3 Å². The maximum atomic E-state index is 12.4. The second kappa shape index (κ2) is 10.4. The number of nitrogens with zero attached hydrogens (tertiary/aromatic N) is 4. The molecule has 0 bridgehead atoms. The largest absolute Gasteiger partial charge is 0.460 e. The molecule has 182 valence electrons. The summed E-state index contributed by atoms with van der Waals surface area (Å²) < 4.78 is 46.8. The highest BCUT2D eigenvalue weighted by molar-refractivity contribution is 7.13. The highest BCUT2D eigenvalue weighted by Gasteiger charge is 2.30. The van der Waals surface area contributed by atoms with Crippen LogP contribution in [-0.4, -0.2) is 57.8 Å². The molecule has 0 radical (unpaired) electrons. The molecule has 0 atom stereocenters. The van der Waals surface area contributed by atoms with E-state index in [0.29, 0.717) is 24.2 Å². The van der Waals surface area contributed by atoms with Gasteiger partial charge in [-0.15, -0.1) is 0 Å². The number of hydrogen-bond acceptors (Lipinski definition) is 8. The van der Waals surface area contributed by atoms with Gasteiger partial charge in [-0.05, 0) is 51.0 Å². The summed E-state index contributed by atoms with van der Waals surface area (Å²) in [5.41, 5.74) is 0.839. The molecule has 1 fully saturated rings. The van der Waals surface area contributed by atoms with Crippen LogP contribution in [-0.2, 0) is 24.2 Å². The predicted molar refractivity (Wildman–Crippen MR) is 114 cm³/mol. The van der Waals surface area contributed by atoms with Crippen LogP contribution in [0.4, 0.5) is 13.2 Å². The number of hydrogen-bond donors (Lipinski definition) is 1. The first-order chi connectivity index (χ1) is 15.7. The zero-order chi connectivity index (χ0) is 23.4. The lowest BCUT2D eigenvalue weighted by molar-refractivity contribution is -0.153. The van der Waals surface area contributed by atoms with Gasteiger partial charge >= 0.3 is 6.18 Å². The number of thiazole rings is 1. The first kappa shape index (κ1) is 23.9. The SMILES string of the molecule is Cc1nc(CC(=O)NC2CCC(CCN3CCc4sc(OCC(F)(F)F)nc4C3)CC2)no1. The van der Waals surface area contributed by atoms with Crippen LogP contribution in [0.3, 0.4) is 0 Å². The number of aryl methyl sites for hydroxylation is 1. The zero-order valence-corrected chi connectivity index (χ0v) is 19.3. The van der Waals surface area contributed by atoms with E-state index in [4.69, 9.17) is 9.26 Å². The van der Waals surface area contributed by atoms with Crippen LogP contribution in [0.5, 0.6) is 5.19 Å². The van der Waals surface area contributed by atoms with E-state index in [0.717, 1.165) is 62.2 Å². The van der Waals surface area contributed by atoms with E-state index in [9.17, 15) is 18.0 Å². The van der Waals surface area contributed by atoms with Gasteiger partial charge in [0.05, 0.1) is 12.1 Å². The van der Waals surface area contributed by atoms with E-state index >= 15 is 0 Å². The average molecular weight is 488 g/mol. The molecular formula is C21H28F3N5O3S. The zero-order valence-electron chi connectivity index (χ0n) is 18.5. The van der Waals surface area contributed by atoms with Crippen LogP contribution in [0.25, 0.3) is 0 Å². The Morgan fingerprint density at radius 2 is 2.06 bits per heavy atom. The van der Waals surface area contributed by atoms with Crippen LogP contribution >= 0.6 is 11.3 Å².